The summed E-state index contributed by atoms with van der Waals surface area (Å²) in [5.74, 6) is -0.0593. The fourth-order valence-corrected chi connectivity index (χ4v) is 3.83. The number of rotatable bonds is 4. The fraction of sp³-hybridized carbons (Fsp3) is 0.526. The molecule has 3 N–H and O–H groups in total. The molecule has 4 rings (SSSR count). The van der Waals surface area contributed by atoms with Crippen LogP contribution in [0.4, 0.5) is 5.69 Å². The molecular formula is C19H23N3O6. The highest BCUT2D eigenvalue weighted by molar-refractivity contribution is 6.05. The molecule has 0 bridgehead atoms. The third-order valence-electron chi connectivity index (χ3n) is 5.50. The zero-order valence-corrected chi connectivity index (χ0v) is 15.4. The van der Waals surface area contributed by atoms with E-state index in [1.54, 1.807) is 6.07 Å². The zero-order chi connectivity index (χ0) is 19.7. The Hall–Kier alpha value is -2.81. The van der Waals surface area contributed by atoms with Crippen LogP contribution in [0.25, 0.3) is 0 Å². The van der Waals surface area contributed by atoms with Gasteiger partial charge in [-0.05, 0) is 37.3 Å². The van der Waals surface area contributed by atoms with Crippen LogP contribution in [0.2, 0.25) is 0 Å². The van der Waals surface area contributed by atoms with Gasteiger partial charge in [-0.2, -0.15) is 0 Å². The van der Waals surface area contributed by atoms with E-state index in [4.69, 9.17) is 9.47 Å². The van der Waals surface area contributed by atoms with Crippen LogP contribution in [0.1, 0.15) is 36.0 Å². The number of hydrogen-bond acceptors (Lipinski definition) is 7. The molecule has 9 nitrogen and oxygen atoms in total. The maximum atomic E-state index is 12.7. The summed E-state index contributed by atoms with van der Waals surface area (Å²) in [5.41, 5.74) is 1.16. The van der Waals surface area contributed by atoms with E-state index in [1.807, 2.05) is 6.07 Å². The molecule has 9 heteroatoms. The van der Waals surface area contributed by atoms with Gasteiger partial charge >= 0.3 is 0 Å². The summed E-state index contributed by atoms with van der Waals surface area (Å²) < 4.78 is 11.2. The van der Waals surface area contributed by atoms with Gasteiger partial charge < -0.3 is 24.8 Å². The van der Waals surface area contributed by atoms with Crippen LogP contribution >= 0.6 is 0 Å². The number of imide groups is 1. The quantitative estimate of drug-likeness (QED) is 0.628. The Bertz CT molecular complexity index is 803. The van der Waals surface area contributed by atoms with Crippen molar-refractivity contribution in [1.29, 1.82) is 0 Å². The highest BCUT2D eigenvalue weighted by Crippen LogP contribution is 2.44. The van der Waals surface area contributed by atoms with Gasteiger partial charge in [-0.3, -0.25) is 19.7 Å². The molecule has 3 heterocycles. The minimum Gasteiger partial charge on any atom is -0.453 e. The molecular weight excluding hydrogens is 366 g/mol. The number of aliphatic hydroxyl groups excluding tert-OH is 1. The molecule has 0 spiro atoms. The third-order valence-corrected chi connectivity index (χ3v) is 5.50. The van der Waals surface area contributed by atoms with Crippen LogP contribution in [-0.2, 0) is 9.59 Å². The Kier molecular flexibility index (Phi) is 5.08. The van der Waals surface area contributed by atoms with Gasteiger partial charge in [-0.1, -0.05) is 0 Å². The molecule has 0 saturated carbocycles. The molecule has 3 amide bonds. The first kappa shape index (κ1) is 18.5. The van der Waals surface area contributed by atoms with Gasteiger partial charge in [0, 0.05) is 26.1 Å². The molecule has 0 radical (unpaired) electrons. The Morgan fingerprint density at radius 1 is 1.18 bits per heavy atom. The number of ether oxygens (including phenoxy) is 2. The van der Waals surface area contributed by atoms with E-state index < -0.39 is 17.9 Å². The van der Waals surface area contributed by atoms with Crippen LogP contribution in [0, 0.1) is 5.92 Å². The van der Waals surface area contributed by atoms with Crippen LogP contribution in [0.15, 0.2) is 12.1 Å². The third kappa shape index (κ3) is 3.49. The minimum absolute atomic E-state index is 0.0259. The first-order valence-electron chi connectivity index (χ1n) is 9.49. The molecule has 150 valence electrons. The molecule has 0 aromatic heterocycles. The number of carbonyl (C=O) groups excluding carboxylic acids is 3. The maximum Gasteiger partial charge on any atom is 0.255 e. The molecule has 28 heavy (non-hydrogen) atoms. The topological polar surface area (TPSA) is 117 Å². The monoisotopic (exact) mass is 389 g/mol. The number of piperidine rings is 2. The Labute approximate surface area is 162 Å². The molecule has 3 aliphatic rings. The summed E-state index contributed by atoms with van der Waals surface area (Å²) in [6.07, 6.45) is 2.25. The Balaban J connectivity index is 1.51. The normalized spacial score (nSPS) is 22.2. The van der Waals surface area contributed by atoms with Crippen LogP contribution < -0.4 is 25.0 Å². The highest BCUT2D eigenvalue weighted by Gasteiger charge is 2.32. The van der Waals surface area contributed by atoms with Gasteiger partial charge in [0.1, 0.15) is 6.04 Å². The van der Waals surface area contributed by atoms with Crippen molar-refractivity contribution in [2.24, 2.45) is 5.92 Å². The van der Waals surface area contributed by atoms with Crippen molar-refractivity contribution in [3.63, 3.8) is 0 Å². The second-order valence-electron chi connectivity index (χ2n) is 7.29. The van der Waals surface area contributed by atoms with Crippen LogP contribution in [0.3, 0.4) is 0 Å². The van der Waals surface area contributed by atoms with Crippen LogP contribution in [-0.4, -0.2) is 55.4 Å². The van der Waals surface area contributed by atoms with Gasteiger partial charge in [-0.15, -0.1) is 0 Å². The van der Waals surface area contributed by atoms with Crippen molar-refractivity contribution in [3.8, 4) is 11.5 Å². The van der Waals surface area contributed by atoms with Gasteiger partial charge in [0.15, 0.2) is 11.5 Å². The number of aliphatic hydroxyl groups is 1. The second kappa shape index (κ2) is 7.67. The molecule has 1 unspecified atom stereocenters. The summed E-state index contributed by atoms with van der Waals surface area (Å²) in [7, 11) is 0. The highest BCUT2D eigenvalue weighted by atomic mass is 16.7. The Morgan fingerprint density at radius 3 is 2.64 bits per heavy atom. The summed E-state index contributed by atoms with van der Waals surface area (Å²) >= 11 is 0. The number of anilines is 1. The summed E-state index contributed by atoms with van der Waals surface area (Å²) in [5, 5.41) is 14.2. The van der Waals surface area contributed by atoms with Crippen molar-refractivity contribution < 1.29 is 29.0 Å². The lowest BCUT2D eigenvalue weighted by Gasteiger charge is -2.33. The van der Waals surface area contributed by atoms with Crippen molar-refractivity contribution in [2.75, 3.05) is 31.4 Å². The first-order valence-corrected chi connectivity index (χ1v) is 9.49. The number of fused-ring (bicyclic) bond motifs is 1. The number of hydrogen-bond donors (Lipinski definition) is 3. The van der Waals surface area contributed by atoms with Crippen molar-refractivity contribution >= 4 is 23.4 Å². The number of amides is 3. The lowest BCUT2D eigenvalue weighted by atomic mass is 9.97. The number of nitrogens with one attached hydrogen (secondary N) is 2. The SMILES string of the molecule is O=C1CCC(NC(=O)c2ccc(N3CCC(CO)CC3)c3c2OCO3)C(=O)N1. The van der Waals surface area contributed by atoms with E-state index in [0.29, 0.717) is 23.0 Å². The van der Waals surface area contributed by atoms with Crippen molar-refractivity contribution in [1.82, 2.24) is 10.6 Å². The first-order chi connectivity index (χ1) is 13.6. The largest absolute Gasteiger partial charge is 0.453 e. The fourth-order valence-electron chi connectivity index (χ4n) is 3.83. The molecule has 2 fully saturated rings. The van der Waals surface area contributed by atoms with Gasteiger partial charge in [0.2, 0.25) is 18.6 Å². The summed E-state index contributed by atoms with van der Waals surface area (Å²) in [6, 6.07) is 2.74. The molecule has 1 aromatic rings. The smallest absolute Gasteiger partial charge is 0.255 e. The van der Waals surface area contributed by atoms with Crippen molar-refractivity contribution in [2.45, 2.75) is 31.7 Å². The number of carbonyl (C=O) groups is 3. The molecule has 1 atom stereocenters. The summed E-state index contributed by atoms with van der Waals surface area (Å²) in [4.78, 5) is 38.0. The number of benzene rings is 1. The average molecular weight is 389 g/mol. The Morgan fingerprint density at radius 2 is 1.93 bits per heavy atom. The van der Waals surface area contributed by atoms with Crippen LogP contribution in [0.5, 0.6) is 11.5 Å². The second-order valence-corrected chi connectivity index (χ2v) is 7.29. The van der Waals surface area contributed by atoms with E-state index in [-0.39, 0.29) is 32.1 Å². The molecule has 1 aromatic carbocycles. The van der Waals surface area contributed by atoms with Gasteiger partial charge in [0.05, 0.1) is 11.3 Å². The van der Waals surface area contributed by atoms with Gasteiger partial charge in [-0.25, -0.2) is 0 Å². The predicted molar refractivity (Wildman–Crippen MR) is 98.2 cm³/mol. The maximum absolute atomic E-state index is 12.7. The molecule has 0 aliphatic carbocycles. The van der Waals surface area contributed by atoms with E-state index in [9.17, 15) is 19.5 Å². The van der Waals surface area contributed by atoms with Gasteiger partial charge in [0.25, 0.3) is 5.91 Å². The lowest BCUT2D eigenvalue weighted by molar-refractivity contribution is -0.134. The number of nitrogens with zero attached hydrogens (tertiary/aromatic N) is 1. The molecule has 2 saturated heterocycles. The van der Waals surface area contributed by atoms with E-state index >= 15 is 0 Å². The summed E-state index contributed by atoms with van der Waals surface area (Å²) in [6.45, 7) is 1.81. The predicted octanol–water partition coefficient (Wildman–Crippen LogP) is 0.159. The average Bonchev–Trinajstić information content (AvgIpc) is 3.19. The van der Waals surface area contributed by atoms with E-state index in [0.717, 1.165) is 31.6 Å². The van der Waals surface area contributed by atoms with Crippen molar-refractivity contribution in [3.05, 3.63) is 17.7 Å². The molecule has 3 aliphatic heterocycles. The lowest BCUT2D eigenvalue weighted by Crippen LogP contribution is -2.52. The standard InChI is InChI=1S/C19H23N3O6/c23-9-11-5-7-22(8-6-11)14-3-1-12(16-17(14)28-10-27-16)18(25)20-13-2-4-15(24)21-19(13)26/h1,3,11,13,23H,2,4-10H2,(H,20,25)(H,21,24,26). The van der Waals surface area contributed by atoms with E-state index in [1.165, 1.54) is 0 Å². The minimum atomic E-state index is -0.750. The van der Waals surface area contributed by atoms with E-state index in [2.05, 4.69) is 15.5 Å². The zero-order valence-electron chi connectivity index (χ0n) is 15.4.